The average molecular weight is 237 g/mol. The van der Waals surface area contributed by atoms with E-state index in [9.17, 15) is 20.1 Å². The number of amides is 1. The van der Waals surface area contributed by atoms with Gasteiger partial charge >= 0.3 is 0 Å². The lowest BCUT2D eigenvalue weighted by Crippen LogP contribution is -2.31. The monoisotopic (exact) mass is 237 g/mol. The molecule has 0 bridgehead atoms. The SMILES string of the molecule is O=C(Cc1ccccc1O)N1CC(O)C(O)C1. The fourth-order valence-corrected chi connectivity index (χ4v) is 1.91. The van der Waals surface area contributed by atoms with Gasteiger partial charge in [-0.1, -0.05) is 18.2 Å². The molecule has 0 aliphatic carbocycles. The summed E-state index contributed by atoms with van der Waals surface area (Å²) in [7, 11) is 0. The van der Waals surface area contributed by atoms with Crippen LogP contribution in [0.15, 0.2) is 24.3 Å². The van der Waals surface area contributed by atoms with Crippen molar-refractivity contribution in [3.05, 3.63) is 29.8 Å². The Hall–Kier alpha value is -1.59. The molecule has 2 atom stereocenters. The zero-order valence-electron chi connectivity index (χ0n) is 9.28. The van der Waals surface area contributed by atoms with E-state index in [2.05, 4.69) is 0 Å². The molecule has 0 aromatic heterocycles. The summed E-state index contributed by atoms with van der Waals surface area (Å²) in [4.78, 5) is 13.3. The fourth-order valence-electron chi connectivity index (χ4n) is 1.91. The topological polar surface area (TPSA) is 81.0 Å². The molecule has 0 radical (unpaired) electrons. The molecule has 5 heteroatoms. The van der Waals surface area contributed by atoms with Gasteiger partial charge in [0.15, 0.2) is 0 Å². The molecule has 92 valence electrons. The van der Waals surface area contributed by atoms with Gasteiger partial charge in [-0.05, 0) is 6.07 Å². The summed E-state index contributed by atoms with van der Waals surface area (Å²) in [5, 5.41) is 28.2. The summed E-state index contributed by atoms with van der Waals surface area (Å²) in [6, 6.07) is 6.63. The largest absolute Gasteiger partial charge is 0.508 e. The Bertz CT molecular complexity index is 411. The normalized spacial score (nSPS) is 24.0. The second-order valence-electron chi connectivity index (χ2n) is 4.24. The fraction of sp³-hybridized carbons (Fsp3) is 0.417. The van der Waals surface area contributed by atoms with E-state index in [4.69, 9.17) is 0 Å². The van der Waals surface area contributed by atoms with Gasteiger partial charge in [-0.25, -0.2) is 0 Å². The second-order valence-corrected chi connectivity index (χ2v) is 4.24. The van der Waals surface area contributed by atoms with Crippen LogP contribution in [0.3, 0.4) is 0 Å². The third-order valence-corrected chi connectivity index (χ3v) is 2.95. The molecule has 1 heterocycles. The van der Waals surface area contributed by atoms with Crippen LogP contribution in [0.1, 0.15) is 5.56 Å². The molecule has 2 unspecified atom stereocenters. The Balaban J connectivity index is 2.01. The van der Waals surface area contributed by atoms with Crippen molar-refractivity contribution >= 4 is 5.91 Å². The predicted octanol–water partition coefficient (Wildman–Crippen LogP) is -0.501. The van der Waals surface area contributed by atoms with Crippen LogP contribution < -0.4 is 0 Å². The summed E-state index contributed by atoms with van der Waals surface area (Å²) in [6.45, 7) is 0.293. The molecule has 1 saturated heterocycles. The van der Waals surface area contributed by atoms with Gasteiger partial charge in [0.25, 0.3) is 0 Å². The zero-order chi connectivity index (χ0) is 12.4. The van der Waals surface area contributed by atoms with E-state index in [1.165, 1.54) is 11.0 Å². The molecular formula is C12H15NO4. The Labute approximate surface area is 98.9 Å². The third-order valence-electron chi connectivity index (χ3n) is 2.95. The van der Waals surface area contributed by atoms with Crippen LogP contribution in [0.4, 0.5) is 0 Å². The third kappa shape index (κ3) is 2.57. The number of aliphatic hydroxyl groups excluding tert-OH is 2. The van der Waals surface area contributed by atoms with Crippen molar-refractivity contribution in [2.45, 2.75) is 18.6 Å². The van der Waals surface area contributed by atoms with Crippen LogP contribution in [-0.2, 0) is 11.2 Å². The first-order valence-electron chi connectivity index (χ1n) is 5.48. The highest BCUT2D eigenvalue weighted by Crippen LogP contribution is 2.18. The Morgan fingerprint density at radius 2 is 1.82 bits per heavy atom. The van der Waals surface area contributed by atoms with Crippen molar-refractivity contribution in [1.29, 1.82) is 0 Å². The number of hydrogen-bond acceptors (Lipinski definition) is 4. The van der Waals surface area contributed by atoms with Crippen LogP contribution in [-0.4, -0.2) is 51.4 Å². The van der Waals surface area contributed by atoms with E-state index in [1.54, 1.807) is 18.2 Å². The number of phenols is 1. The van der Waals surface area contributed by atoms with E-state index >= 15 is 0 Å². The van der Waals surface area contributed by atoms with Crippen molar-refractivity contribution in [3.63, 3.8) is 0 Å². The standard InChI is InChI=1S/C12H15NO4/c14-9-4-2-1-3-8(9)5-12(17)13-6-10(15)11(16)7-13/h1-4,10-11,14-16H,5-7H2. The summed E-state index contributed by atoms with van der Waals surface area (Å²) in [5.41, 5.74) is 0.549. The number of aromatic hydroxyl groups is 1. The van der Waals surface area contributed by atoms with Crippen LogP contribution in [0.5, 0.6) is 5.75 Å². The van der Waals surface area contributed by atoms with Crippen LogP contribution in [0, 0.1) is 0 Å². The molecule has 5 nitrogen and oxygen atoms in total. The van der Waals surface area contributed by atoms with Gasteiger partial charge in [-0.2, -0.15) is 0 Å². The number of likely N-dealkylation sites (tertiary alicyclic amines) is 1. The van der Waals surface area contributed by atoms with Gasteiger partial charge in [0.1, 0.15) is 5.75 Å². The first kappa shape index (κ1) is 11.9. The number of hydrogen-bond donors (Lipinski definition) is 3. The molecule has 1 amide bonds. The lowest BCUT2D eigenvalue weighted by Gasteiger charge is -2.15. The number of carbonyl (C=O) groups is 1. The smallest absolute Gasteiger partial charge is 0.227 e. The van der Waals surface area contributed by atoms with Crippen molar-refractivity contribution in [3.8, 4) is 5.75 Å². The van der Waals surface area contributed by atoms with Crippen molar-refractivity contribution in [2.75, 3.05) is 13.1 Å². The second kappa shape index (κ2) is 4.73. The number of para-hydroxylation sites is 1. The van der Waals surface area contributed by atoms with E-state index in [-0.39, 0.29) is 31.2 Å². The lowest BCUT2D eigenvalue weighted by atomic mass is 10.1. The predicted molar refractivity (Wildman–Crippen MR) is 60.4 cm³/mol. The number of β-amino-alcohol motifs (C(OH)–C–C–N with tert-alkyl or cyclic N) is 2. The first-order chi connectivity index (χ1) is 8.08. The van der Waals surface area contributed by atoms with Crippen LogP contribution in [0.25, 0.3) is 0 Å². The van der Waals surface area contributed by atoms with E-state index in [0.29, 0.717) is 5.56 Å². The molecule has 17 heavy (non-hydrogen) atoms. The summed E-state index contributed by atoms with van der Waals surface area (Å²) < 4.78 is 0. The maximum absolute atomic E-state index is 11.9. The van der Waals surface area contributed by atoms with Crippen LogP contribution in [0.2, 0.25) is 0 Å². The lowest BCUT2D eigenvalue weighted by molar-refractivity contribution is -0.130. The number of nitrogens with zero attached hydrogens (tertiary/aromatic N) is 1. The zero-order valence-corrected chi connectivity index (χ0v) is 9.28. The maximum Gasteiger partial charge on any atom is 0.227 e. The molecule has 0 saturated carbocycles. The number of rotatable bonds is 2. The highest BCUT2D eigenvalue weighted by atomic mass is 16.3. The Morgan fingerprint density at radius 3 is 2.41 bits per heavy atom. The number of phenolic OH excluding ortho intramolecular Hbond substituents is 1. The van der Waals surface area contributed by atoms with Gasteiger partial charge in [0.2, 0.25) is 5.91 Å². The van der Waals surface area contributed by atoms with Crippen molar-refractivity contribution in [1.82, 2.24) is 4.90 Å². The van der Waals surface area contributed by atoms with Crippen LogP contribution >= 0.6 is 0 Å². The van der Waals surface area contributed by atoms with Gasteiger partial charge in [-0.3, -0.25) is 4.79 Å². The first-order valence-corrected chi connectivity index (χ1v) is 5.48. The molecular weight excluding hydrogens is 222 g/mol. The van der Waals surface area contributed by atoms with Crippen molar-refractivity contribution in [2.24, 2.45) is 0 Å². The highest BCUT2D eigenvalue weighted by molar-refractivity contribution is 5.79. The minimum absolute atomic E-state index is 0.0755. The van der Waals surface area contributed by atoms with Gasteiger partial charge in [0.05, 0.1) is 18.6 Å². The van der Waals surface area contributed by atoms with Crippen molar-refractivity contribution < 1.29 is 20.1 Å². The Kier molecular flexibility index (Phi) is 3.31. The van der Waals surface area contributed by atoms with Gasteiger partial charge in [-0.15, -0.1) is 0 Å². The Morgan fingerprint density at radius 1 is 1.24 bits per heavy atom. The molecule has 1 aliphatic heterocycles. The molecule has 1 aromatic rings. The highest BCUT2D eigenvalue weighted by Gasteiger charge is 2.32. The van der Waals surface area contributed by atoms with E-state index in [1.807, 2.05) is 0 Å². The average Bonchev–Trinajstić information content (AvgIpc) is 2.63. The molecule has 3 N–H and O–H groups in total. The molecule has 1 aromatic carbocycles. The van der Waals surface area contributed by atoms with E-state index < -0.39 is 12.2 Å². The van der Waals surface area contributed by atoms with Gasteiger partial charge < -0.3 is 20.2 Å². The number of carbonyl (C=O) groups excluding carboxylic acids is 1. The minimum atomic E-state index is -0.872. The quantitative estimate of drug-likeness (QED) is 0.647. The summed E-state index contributed by atoms with van der Waals surface area (Å²) in [6.07, 6.45) is -1.67. The molecule has 0 spiro atoms. The number of benzene rings is 1. The summed E-state index contributed by atoms with van der Waals surface area (Å²) in [5.74, 6) is -0.122. The number of aliphatic hydroxyl groups is 2. The molecule has 2 rings (SSSR count). The minimum Gasteiger partial charge on any atom is -0.508 e. The molecule has 1 fully saturated rings. The van der Waals surface area contributed by atoms with Gasteiger partial charge in [0, 0.05) is 18.7 Å². The molecule has 1 aliphatic rings. The van der Waals surface area contributed by atoms with E-state index in [0.717, 1.165) is 0 Å². The summed E-state index contributed by atoms with van der Waals surface area (Å²) >= 11 is 0. The maximum atomic E-state index is 11.9.